The summed E-state index contributed by atoms with van der Waals surface area (Å²) in [4.78, 5) is 19.5. The number of carbonyl (C=O) groups is 1. The maximum absolute atomic E-state index is 13.0. The first kappa shape index (κ1) is 18.6. The van der Waals surface area contributed by atoms with Gasteiger partial charge in [-0.2, -0.15) is 0 Å². The number of aryl methyl sites for hydroxylation is 1. The Morgan fingerprint density at radius 1 is 1.33 bits per heavy atom. The zero-order valence-electron chi connectivity index (χ0n) is 15.9. The lowest BCUT2D eigenvalue weighted by atomic mass is 9.81. The van der Waals surface area contributed by atoms with E-state index in [4.69, 9.17) is 0 Å². The van der Waals surface area contributed by atoms with E-state index in [9.17, 15) is 4.79 Å². The highest BCUT2D eigenvalue weighted by molar-refractivity contribution is 7.09. The Balaban J connectivity index is 1.45. The van der Waals surface area contributed by atoms with E-state index in [1.54, 1.807) is 11.3 Å². The van der Waals surface area contributed by atoms with E-state index < -0.39 is 0 Å². The molecule has 3 heterocycles. The molecule has 0 radical (unpaired) electrons. The first-order chi connectivity index (χ1) is 13.3. The summed E-state index contributed by atoms with van der Waals surface area (Å²) in [5, 5.41) is 3.00. The number of amides is 1. The van der Waals surface area contributed by atoms with Gasteiger partial charge in [-0.15, -0.1) is 11.3 Å². The number of likely N-dealkylation sites (tertiary alicyclic amines) is 1. The Labute approximate surface area is 165 Å². The molecule has 3 atom stereocenters. The third-order valence-electron chi connectivity index (χ3n) is 5.74. The second-order valence-corrected chi connectivity index (χ2v) is 8.54. The van der Waals surface area contributed by atoms with Crippen molar-refractivity contribution in [3.8, 4) is 0 Å². The predicted octanol–water partition coefficient (Wildman–Crippen LogP) is 3.21. The lowest BCUT2D eigenvalue weighted by Crippen LogP contribution is -2.48. The van der Waals surface area contributed by atoms with E-state index in [0.717, 1.165) is 50.3 Å². The van der Waals surface area contributed by atoms with Crippen LogP contribution >= 0.6 is 11.3 Å². The van der Waals surface area contributed by atoms with Crippen LogP contribution in [0.5, 0.6) is 0 Å². The molecule has 4 rings (SSSR count). The number of benzene rings is 1. The first-order valence-corrected chi connectivity index (χ1v) is 10.9. The van der Waals surface area contributed by atoms with Crippen molar-refractivity contribution in [3.63, 3.8) is 0 Å². The SMILES string of the molecule is CCCc1nc(C(=O)N2CCCC(C3NNCC3c3ccccc3)C2)cs1. The monoisotopic (exact) mass is 384 g/mol. The Hall–Kier alpha value is -1.76. The molecule has 27 heavy (non-hydrogen) atoms. The number of hydrogen-bond acceptors (Lipinski definition) is 5. The van der Waals surface area contributed by atoms with Crippen LogP contribution in [0.3, 0.4) is 0 Å². The third kappa shape index (κ3) is 4.08. The Bertz CT molecular complexity index is 763. The zero-order chi connectivity index (χ0) is 18.6. The zero-order valence-corrected chi connectivity index (χ0v) is 16.7. The molecule has 1 aromatic carbocycles. The molecule has 5 nitrogen and oxygen atoms in total. The normalized spacial score (nSPS) is 25.7. The van der Waals surface area contributed by atoms with Gasteiger partial charge in [0.05, 0.1) is 5.01 Å². The highest BCUT2D eigenvalue weighted by Gasteiger charge is 2.37. The van der Waals surface area contributed by atoms with Crippen molar-refractivity contribution < 1.29 is 4.79 Å². The minimum absolute atomic E-state index is 0.0977. The van der Waals surface area contributed by atoms with E-state index in [0.29, 0.717) is 23.6 Å². The molecule has 2 N–H and O–H groups in total. The summed E-state index contributed by atoms with van der Waals surface area (Å²) in [5.74, 6) is 0.999. The number of piperidine rings is 1. The molecule has 0 aliphatic carbocycles. The molecular formula is C21H28N4OS. The maximum Gasteiger partial charge on any atom is 0.273 e. The highest BCUT2D eigenvalue weighted by Crippen LogP contribution is 2.32. The lowest BCUT2D eigenvalue weighted by molar-refractivity contribution is 0.0639. The minimum Gasteiger partial charge on any atom is -0.337 e. The smallest absolute Gasteiger partial charge is 0.273 e. The highest BCUT2D eigenvalue weighted by atomic mass is 32.1. The number of nitrogens with zero attached hydrogens (tertiary/aromatic N) is 2. The van der Waals surface area contributed by atoms with Crippen molar-refractivity contribution in [2.24, 2.45) is 5.92 Å². The molecule has 3 unspecified atom stereocenters. The number of hydrogen-bond donors (Lipinski definition) is 2. The number of rotatable bonds is 5. The van der Waals surface area contributed by atoms with E-state index >= 15 is 0 Å². The van der Waals surface area contributed by atoms with Gasteiger partial charge in [-0.25, -0.2) is 4.98 Å². The van der Waals surface area contributed by atoms with Gasteiger partial charge in [-0.3, -0.25) is 15.6 Å². The number of aromatic nitrogens is 1. The van der Waals surface area contributed by atoms with Gasteiger partial charge in [0.15, 0.2) is 0 Å². The number of carbonyl (C=O) groups excluding carboxylic acids is 1. The molecule has 6 heteroatoms. The van der Waals surface area contributed by atoms with Crippen LogP contribution in [0.1, 0.15) is 53.2 Å². The molecule has 2 aromatic rings. The van der Waals surface area contributed by atoms with Crippen molar-refractivity contribution in [1.82, 2.24) is 20.7 Å². The summed E-state index contributed by atoms with van der Waals surface area (Å²) < 4.78 is 0. The van der Waals surface area contributed by atoms with Crippen molar-refractivity contribution in [2.75, 3.05) is 19.6 Å². The summed E-state index contributed by atoms with van der Waals surface area (Å²) >= 11 is 1.61. The second kappa shape index (κ2) is 8.50. The Morgan fingerprint density at radius 2 is 2.19 bits per heavy atom. The van der Waals surface area contributed by atoms with Crippen LogP contribution in [0.15, 0.2) is 35.7 Å². The average molecular weight is 385 g/mol. The van der Waals surface area contributed by atoms with Crippen molar-refractivity contribution >= 4 is 17.2 Å². The van der Waals surface area contributed by atoms with Crippen molar-refractivity contribution in [3.05, 3.63) is 52.0 Å². The summed E-state index contributed by atoms with van der Waals surface area (Å²) in [6.45, 7) is 4.73. The fourth-order valence-corrected chi connectivity index (χ4v) is 5.25. The molecule has 144 valence electrons. The summed E-state index contributed by atoms with van der Waals surface area (Å²) in [5.41, 5.74) is 8.83. The van der Waals surface area contributed by atoms with E-state index in [2.05, 4.69) is 53.1 Å². The molecule has 0 saturated carbocycles. The van der Waals surface area contributed by atoms with Crippen LogP contribution in [0.4, 0.5) is 0 Å². The lowest BCUT2D eigenvalue weighted by Gasteiger charge is -2.37. The van der Waals surface area contributed by atoms with Gasteiger partial charge >= 0.3 is 0 Å². The molecular weight excluding hydrogens is 356 g/mol. The van der Waals surface area contributed by atoms with Crippen molar-refractivity contribution in [2.45, 2.75) is 44.6 Å². The van der Waals surface area contributed by atoms with E-state index in [-0.39, 0.29) is 5.91 Å². The predicted molar refractivity (Wildman–Crippen MR) is 109 cm³/mol. The van der Waals surface area contributed by atoms with Crippen molar-refractivity contribution in [1.29, 1.82) is 0 Å². The van der Waals surface area contributed by atoms with Gasteiger partial charge in [0.1, 0.15) is 5.69 Å². The third-order valence-corrected chi connectivity index (χ3v) is 6.65. The number of thiazole rings is 1. The topological polar surface area (TPSA) is 57.3 Å². The molecule has 0 bridgehead atoms. The fourth-order valence-electron chi connectivity index (χ4n) is 4.37. The Morgan fingerprint density at radius 3 is 3.00 bits per heavy atom. The van der Waals surface area contributed by atoms with Gasteiger partial charge < -0.3 is 4.90 Å². The molecule has 2 aliphatic rings. The van der Waals surface area contributed by atoms with Gasteiger partial charge in [-0.1, -0.05) is 37.3 Å². The second-order valence-electron chi connectivity index (χ2n) is 7.60. The number of nitrogens with one attached hydrogen (secondary N) is 2. The van der Waals surface area contributed by atoms with E-state index in [1.165, 1.54) is 5.56 Å². The maximum atomic E-state index is 13.0. The van der Waals surface area contributed by atoms with Crippen LogP contribution in [0.25, 0.3) is 0 Å². The Kier molecular flexibility index (Phi) is 5.86. The quantitative estimate of drug-likeness (QED) is 0.831. The number of hydrazine groups is 1. The summed E-state index contributed by atoms with van der Waals surface area (Å²) in [6, 6.07) is 11.1. The van der Waals surface area contributed by atoms with Gasteiger partial charge in [0.25, 0.3) is 5.91 Å². The van der Waals surface area contributed by atoms with Gasteiger partial charge in [0, 0.05) is 37.0 Å². The molecule has 2 saturated heterocycles. The molecule has 0 spiro atoms. The summed E-state index contributed by atoms with van der Waals surface area (Å²) in [6.07, 6.45) is 4.23. The van der Waals surface area contributed by atoms with Crippen LogP contribution < -0.4 is 10.9 Å². The fraction of sp³-hybridized carbons (Fsp3) is 0.524. The first-order valence-electron chi connectivity index (χ1n) is 10.0. The molecule has 2 fully saturated rings. The van der Waals surface area contributed by atoms with Crippen LogP contribution in [-0.2, 0) is 6.42 Å². The largest absolute Gasteiger partial charge is 0.337 e. The van der Waals surface area contributed by atoms with Gasteiger partial charge in [-0.05, 0) is 37.2 Å². The van der Waals surface area contributed by atoms with Crippen LogP contribution in [0.2, 0.25) is 0 Å². The minimum atomic E-state index is 0.0977. The molecule has 1 aromatic heterocycles. The summed E-state index contributed by atoms with van der Waals surface area (Å²) in [7, 11) is 0. The molecule has 1 amide bonds. The van der Waals surface area contributed by atoms with E-state index in [1.807, 2.05) is 10.3 Å². The standard InChI is InChI=1S/C21H28N4OS/c1-2-7-19-23-18(14-27-19)21(26)25-11-6-10-16(13-25)20-17(12-22-24-20)15-8-4-3-5-9-15/h3-5,8-9,14,16-17,20,22,24H,2,6-7,10-13H2,1H3. The van der Waals surface area contributed by atoms with Gasteiger partial charge in [0.2, 0.25) is 0 Å². The molecule has 2 aliphatic heterocycles. The van der Waals surface area contributed by atoms with Crippen LogP contribution in [0, 0.1) is 5.92 Å². The average Bonchev–Trinajstić information content (AvgIpc) is 3.38. The van der Waals surface area contributed by atoms with Crippen LogP contribution in [-0.4, -0.2) is 41.5 Å².